The van der Waals surface area contributed by atoms with E-state index in [1.54, 1.807) is 21.0 Å². The van der Waals surface area contributed by atoms with Crippen LogP contribution in [0.15, 0.2) is 0 Å². The Balaban J connectivity index is 3.69. The van der Waals surface area contributed by atoms with Gasteiger partial charge in [-0.05, 0) is 6.42 Å². The number of nitrogens with two attached hydrogens (primary N) is 1. The number of nitrogens with zero attached hydrogens (tertiary/aromatic N) is 1. The molecule has 0 saturated carbocycles. The molecule has 0 saturated heterocycles. The van der Waals surface area contributed by atoms with Gasteiger partial charge in [0.15, 0.2) is 0 Å². The fourth-order valence-electron chi connectivity index (χ4n) is 0.706. The zero-order valence-corrected chi connectivity index (χ0v) is 7.83. The number of rotatable bonds is 4. The standard InChI is InChI=1S/C8H16N2O2/c1-6(8(9)12)4-5-7(11)10(2)3/h6H,4-5H2,1-3H3,(H2,9,12)/t6-/m0/s1. The first kappa shape index (κ1) is 10.9. The molecule has 1 atom stereocenters. The van der Waals surface area contributed by atoms with Crippen molar-refractivity contribution in [1.82, 2.24) is 4.90 Å². The van der Waals surface area contributed by atoms with E-state index >= 15 is 0 Å². The van der Waals surface area contributed by atoms with Crippen molar-refractivity contribution in [2.45, 2.75) is 19.8 Å². The molecule has 0 aromatic rings. The Morgan fingerprint density at radius 1 is 1.42 bits per heavy atom. The Hall–Kier alpha value is -1.06. The highest BCUT2D eigenvalue weighted by molar-refractivity contribution is 5.79. The minimum absolute atomic E-state index is 0.0306. The molecule has 12 heavy (non-hydrogen) atoms. The van der Waals surface area contributed by atoms with Gasteiger partial charge < -0.3 is 10.6 Å². The van der Waals surface area contributed by atoms with Crippen molar-refractivity contribution in [1.29, 1.82) is 0 Å². The van der Waals surface area contributed by atoms with E-state index in [1.807, 2.05) is 0 Å². The van der Waals surface area contributed by atoms with Crippen LogP contribution in [-0.2, 0) is 9.59 Å². The summed E-state index contributed by atoms with van der Waals surface area (Å²) < 4.78 is 0. The van der Waals surface area contributed by atoms with E-state index in [9.17, 15) is 9.59 Å². The third kappa shape index (κ3) is 3.95. The maximum atomic E-state index is 11.0. The monoisotopic (exact) mass is 172 g/mol. The van der Waals surface area contributed by atoms with E-state index < -0.39 is 0 Å². The first-order chi connectivity index (χ1) is 5.45. The zero-order chi connectivity index (χ0) is 9.72. The van der Waals surface area contributed by atoms with Crippen LogP contribution >= 0.6 is 0 Å². The van der Waals surface area contributed by atoms with Crippen LogP contribution in [0.2, 0.25) is 0 Å². The van der Waals surface area contributed by atoms with Gasteiger partial charge in [-0.25, -0.2) is 0 Å². The van der Waals surface area contributed by atoms with Gasteiger partial charge in [0.05, 0.1) is 0 Å². The highest BCUT2D eigenvalue weighted by Crippen LogP contribution is 2.05. The van der Waals surface area contributed by atoms with Crippen molar-refractivity contribution in [3.8, 4) is 0 Å². The van der Waals surface area contributed by atoms with Gasteiger partial charge in [-0.1, -0.05) is 6.92 Å². The summed E-state index contributed by atoms with van der Waals surface area (Å²) in [6.45, 7) is 1.73. The van der Waals surface area contributed by atoms with E-state index in [2.05, 4.69) is 0 Å². The van der Waals surface area contributed by atoms with Crippen LogP contribution < -0.4 is 5.73 Å². The molecule has 0 radical (unpaired) electrons. The van der Waals surface area contributed by atoms with E-state index in [1.165, 1.54) is 4.90 Å². The minimum Gasteiger partial charge on any atom is -0.369 e. The van der Waals surface area contributed by atoms with Crippen LogP contribution in [-0.4, -0.2) is 30.8 Å². The maximum absolute atomic E-state index is 11.0. The topological polar surface area (TPSA) is 63.4 Å². The van der Waals surface area contributed by atoms with Crippen molar-refractivity contribution in [3.63, 3.8) is 0 Å². The molecule has 0 spiro atoms. The average Bonchev–Trinajstić information content (AvgIpc) is 1.98. The fraction of sp³-hybridized carbons (Fsp3) is 0.750. The second-order valence-electron chi connectivity index (χ2n) is 3.13. The first-order valence-corrected chi connectivity index (χ1v) is 3.94. The molecule has 4 nitrogen and oxygen atoms in total. The molecule has 0 unspecified atom stereocenters. The predicted octanol–water partition coefficient (Wildman–Crippen LogP) is -0.0238. The van der Waals surface area contributed by atoms with E-state index in [-0.39, 0.29) is 17.7 Å². The molecule has 0 aromatic heterocycles. The lowest BCUT2D eigenvalue weighted by atomic mass is 10.1. The second kappa shape index (κ2) is 4.74. The van der Waals surface area contributed by atoms with Gasteiger partial charge in [0.2, 0.25) is 11.8 Å². The molecule has 0 aliphatic heterocycles. The van der Waals surface area contributed by atoms with E-state index in [0.29, 0.717) is 12.8 Å². The molecule has 0 bridgehead atoms. The first-order valence-electron chi connectivity index (χ1n) is 3.94. The van der Waals surface area contributed by atoms with Crippen LogP contribution in [0.1, 0.15) is 19.8 Å². The normalized spacial score (nSPS) is 12.2. The lowest BCUT2D eigenvalue weighted by Crippen LogP contribution is -2.25. The van der Waals surface area contributed by atoms with Gasteiger partial charge >= 0.3 is 0 Å². The predicted molar refractivity (Wildman–Crippen MR) is 46.3 cm³/mol. The van der Waals surface area contributed by atoms with Crippen LogP contribution in [0, 0.1) is 5.92 Å². The summed E-state index contributed by atoms with van der Waals surface area (Å²) in [7, 11) is 3.38. The summed E-state index contributed by atoms with van der Waals surface area (Å²) >= 11 is 0. The van der Waals surface area contributed by atoms with E-state index in [0.717, 1.165) is 0 Å². The fourth-order valence-corrected chi connectivity index (χ4v) is 0.706. The summed E-state index contributed by atoms with van der Waals surface area (Å²) in [4.78, 5) is 23.1. The Kier molecular flexibility index (Phi) is 4.33. The Bertz CT molecular complexity index is 178. The molecule has 0 aromatic carbocycles. The van der Waals surface area contributed by atoms with E-state index in [4.69, 9.17) is 5.73 Å². The SMILES string of the molecule is C[C@@H](CCC(=O)N(C)C)C(N)=O. The second-order valence-corrected chi connectivity index (χ2v) is 3.13. The lowest BCUT2D eigenvalue weighted by molar-refractivity contribution is -0.129. The third-order valence-electron chi connectivity index (χ3n) is 1.78. The molecule has 0 aliphatic carbocycles. The van der Waals surface area contributed by atoms with Gasteiger partial charge in [0, 0.05) is 26.4 Å². The number of hydrogen-bond acceptors (Lipinski definition) is 2. The Morgan fingerprint density at radius 2 is 1.92 bits per heavy atom. The average molecular weight is 172 g/mol. The molecule has 0 rings (SSSR count). The summed E-state index contributed by atoms with van der Waals surface area (Å²) in [5.41, 5.74) is 5.03. The van der Waals surface area contributed by atoms with Crippen LogP contribution in [0.4, 0.5) is 0 Å². The minimum atomic E-state index is -0.346. The number of carbonyl (C=O) groups excluding carboxylic acids is 2. The summed E-state index contributed by atoms with van der Waals surface area (Å²) in [5, 5.41) is 0. The Labute approximate surface area is 72.7 Å². The van der Waals surface area contributed by atoms with Gasteiger partial charge in [-0.3, -0.25) is 9.59 Å². The van der Waals surface area contributed by atoms with Crippen molar-refractivity contribution >= 4 is 11.8 Å². The molecule has 0 fully saturated rings. The van der Waals surface area contributed by atoms with Crippen LogP contribution in [0.3, 0.4) is 0 Å². The van der Waals surface area contributed by atoms with Crippen molar-refractivity contribution in [2.24, 2.45) is 11.7 Å². The van der Waals surface area contributed by atoms with Crippen LogP contribution in [0.5, 0.6) is 0 Å². The number of primary amides is 1. The zero-order valence-electron chi connectivity index (χ0n) is 7.83. The largest absolute Gasteiger partial charge is 0.369 e. The highest BCUT2D eigenvalue weighted by Gasteiger charge is 2.11. The van der Waals surface area contributed by atoms with Crippen molar-refractivity contribution in [2.75, 3.05) is 14.1 Å². The third-order valence-corrected chi connectivity index (χ3v) is 1.78. The molecule has 0 aliphatic rings. The molecular formula is C8H16N2O2. The molecular weight excluding hydrogens is 156 g/mol. The number of carbonyl (C=O) groups is 2. The summed E-state index contributed by atoms with van der Waals surface area (Å²) in [6, 6.07) is 0. The molecule has 0 heterocycles. The van der Waals surface area contributed by atoms with Gasteiger partial charge in [0.25, 0.3) is 0 Å². The maximum Gasteiger partial charge on any atom is 0.222 e. The summed E-state index contributed by atoms with van der Waals surface area (Å²) in [6.07, 6.45) is 0.920. The molecule has 2 amide bonds. The molecule has 70 valence electrons. The quantitative estimate of drug-likeness (QED) is 0.647. The van der Waals surface area contributed by atoms with Gasteiger partial charge in [0.1, 0.15) is 0 Å². The highest BCUT2D eigenvalue weighted by atomic mass is 16.2. The number of amides is 2. The molecule has 2 N–H and O–H groups in total. The van der Waals surface area contributed by atoms with Crippen molar-refractivity contribution in [3.05, 3.63) is 0 Å². The summed E-state index contributed by atoms with van der Waals surface area (Å²) in [5.74, 6) is -0.529. The number of hydrogen-bond donors (Lipinski definition) is 1. The van der Waals surface area contributed by atoms with Crippen molar-refractivity contribution < 1.29 is 9.59 Å². The Morgan fingerprint density at radius 3 is 2.25 bits per heavy atom. The lowest BCUT2D eigenvalue weighted by Gasteiger charge is -2.11. The van der Waals surface area contributed by atoms with Crippen LogP contribution in [0.25, 0.3) is 0 Å². The van der Waals surface area contributed by atoms with Gasteiger partial charge in [-0.15, -0.1) is 0 Å². The smallest absolute Gasteiger partial charge is 0.222 e. The molecule has 4 heteroatoms. The van der Waals surface area contributed by atoms with Gasteiger partial charge in [-0.2, -0.15) is 0 Å².